The molecule has 1 aromatic rings. The van der Waals surface area contributed by atoms with Crippen molar-refractivity contribution in [3.05, 3.63) is 10.6 Å². The van der Waals surface area contributed by atoms with Gasteiger partial charge in [0.05, 0.1) is 5.69 Å². The molecule has 2 unspecified atom stereocenters. The minimum atomic E-state index is 0.509. The maximum atomic E-state index is 4.98. The molecule has 0 radical (unpaired) electrons. The van der Waals surface area contributed by atoms with E-state index in [4.69, 9.17) is 4.98 Å². The van der Waals surface area contributed by atoms with Gasteiger partial charge in [0, 0.05) is 24.5 Å². The van der Waals surface area contributed by atoms with Crippen LogP contribution in [0.1, 0.15) is 63.9 Å². The minimum absolute atomic E-state index is 0.509. The maximum Gasteiger partial charge on any atom is 0.185 e. The Kier molecular flexibility index (Phi) is 6.06. The summed E-state index contributed by atoms with van der Waals surface area (Å²) in [7, 11) is 0. The van der Waals surface area contributed by atoms with Gasteiger partial charge in [-0.1, -0.05) is 34.6 Å². The Morgan fingerprint density at radius 1 is 1.33 bits per heavy atom. The fourth-order valence-corrected chi connectivity index (χ4v) is 4.10. The monoisotopic (exact) mass is 309 g/mol. The van der Waals surface area contributed by atoms with Crippen LogP contribution in [0.15, 0.2) is 0 Å². The number of hydrogen-bond acceptors (Lipinski definition) is 4. The highest BCUT2D eigenvalue weighted by Gasteiger charge is 2.26. The predicted molar refractivity (Wildman–Crippen MR) is 93.4 cm³/mol. The molecule has 0 amide bonds. The Hall–Kier alpha value is -0.610. The van der Waals surface area contributed by atoms with Crippen molar-refractivity contribution < 1.29 is 0 Å². The molecular formula is C17H31N3S. The summed E-state index contributed by atoms with van der Waals surface area (Å²) in [5.41, 5.74) is 1.30. The predicted octanol–water partition coefficient (Wildman–Crippen LogP) is 4.25. The Balaban J connectivity index is 2.11. The molecule has 2 atom stereocenters. The lowest BCUT2D eigenvalue weighted by Gasteiger charge is -2.35. The van der Waals surface area contributed by atoms with Crippen LogP contribution in [0.5, 0.6) is 0 Å². The highest BCUT2D eigenvalue weighted by atomic mass is 32.1. The largest absolute Gasteiger partial charge is 0.348 e. The molecule has 0 aliphatic carbocycles. The van der Waals surface area contributed by atoms with Crippen LogP contribution in [0.25, 0.3) is 0 Å². The van der Waals surface area contributed by atoms with Crippen LogP contribution < -0.4 is 10.2 Å². The average Bonchev–Trinajstić information content (AvgIpc) is 2.86. The third-order valence-corrected chi connectivity index (χ3v) is 5.71. The molecule has 3 nitrogen and oxygen atoms in total. The van der Waals surface area contributed by atoms with Gasteiger partial charge in [0.25, 0.3) is 0 Å². The van der Waals surface area contributed by atoms with Crippen molar-refractivity contribution in [3.8, 4) is 0 Å². The summed E-state index contributed by atoms with van der Waals surface area (Å²) in [5, 5.41) is 4.77. The van der Waals surface area contributed by atoms with E-state index in [1.165, 1.54) is 35.1 Å². The normalized spacial score (nSPS) is 23.0. The first-order valence-electron chi connectivity index (χ1n) is 8.48. The summed E-state index contributed by atoms with van der Waals surface area (Å²) in [5.74, 6) is 2.12. The minimum Gasteiger partial charge on any atom is -0.348 e. The second kappa shape index (κ2) is 7.59. The number of anilines is 1. The van der Waals surface area contributed by atoms with Crippen LogP contribution in [0.3, 0.4) is 0 Å². The molecule has 1 N–H and O–H groups in total. The van der Waals surface area contributed by atoms with E-state index in [0.717, 1.165) is 31.5 Å². The molecule has 0 spiro atoms. The molecule has 1 aromatic heterocycles. The number of thiazole rings is 1. The molecule has 2 rings (SSSR count). The number of aromatic nitrogens is 1. The van der Waals surface area contributed by atoms with Crippen LogP contribution in [-0.2, 0) is 6.54 Å². The second-order valence-corrected chi connectivity index (χ2v) is 7.89. The van der Waals surface area contributed by atoms with Crippen molar-refractivity contribution in [2.75, 3.05) is 24.5 Å². The average molecular weight is 310 g/mol. The van der Waals surface area contributed by atoms with Crippen molar-refractivity contribution in [1.82, 2.24) is 10.3 Å². The third-order valence-electron chi connectivity index (χ3n) is 4.58. The van der Waals surface area contributed by atoms with Crippen molar-refractivity contribution in [3.63, 3.8) is 0 Å². The summed E-state index contributed by atoms with van der Waals surface area (Å²) in [6, 6.07) is 0. The smallest absolute Gasteiger partial charge is 0.185 e. The first kappa shape index (κ1) is 16.8. The van der Waals surface area contributed by atoms with Gasteiger partial charge in [0.2, 0.25) is 0 Å². The van der Waals surface area contributed by atoms with Crippen LogP contribution in [-0.4, -0.2) is 24.6 Å². The molecule has 4 heteroatoms. The van der Waals surface area contributed by atoms with Gasteiger partial charge in [0.1, 0.15) is 0 Å². The lowest BCUT2D eigenvalue weighted by molar-refractivity contribution is 0.323. The van der Waals surface area contributed by atoms with Gasteiger partial charge >= 0.3 is 0 Å². The summed E-state index contributed by atoms with van der Waals surface area (Å²) >= 11 is 1.90. The molecule has 1 saturated heterocycles. The maximum absolute atomic E-state index is 4.98. The molecule has 21 heavy (non-hydrogen) atoms. The second-order valence-electron chi connectivity index (χ2n) is 6.83. The van der Waals surface area contributed by atoms with E-state index < -0.39 is 0 Å². The first-order chi connectivity index (χ1) is 10.0. The Bertz CT molecular complexity index is 441. The van der Waals surface area contributed by atoms with E-state index >= 15 is 0 Å². The first-order valence-corrected chi connectivity index (χ1v) is 9.29. The summed E-state index contributed by atoms with van der Waals surface area (Å²) in [4.78, 5) is 8.91. The highest BCUT2D eigenvalue weighted by Crippen LogP contribution is 2.34. The summed E-state index contributed by atoms with van der Waals surface area (Å²) in [6.45, 7) is 15.9. The quantitative estimate of drug-likeness (QED) is 0.796. The third kappa shape index (κ3) is 4.19. The van der Waals surface area contributed by atoms with Gasteiger partial charge in [0.15, 0.2) is 5.13 Å². The van der Waals surface area contributed by atoms with Crippen LogP contribution >= 0.6 is 11.3 Å². The van der Waals surface area contributed by atoms with Crippen molar-refractivity contribution >= 4 is 16.5 Å². The lowest BCUT2D eigenvalue weighted by Crippen LogP contribution is -2.38. The molecule has 1 aliphatic heterocycles. The number of rotatable bonds is 6. The van der Waals surface area contributed by atoms with Crippen molar-refractivity contribution in [1.29, 1.82) is 0 Å². The van der Waals surface area contributed by atoms with Crippen LogP contribution in [0.4, 0.5) is 5.13 Å². The molecule has 1 aliphatic rings. The van der Waals surface area contributed by atoms with Gasteiger partial charge in [-0.2, -0.15) is 0 Å². The van der Waals surface area contributed by atoms with Gasteiger partial charge in [-0.05, 0) is 37.1 Å². The molecule has 2 heterocycles. The van der Waals surface area contributed by atoms with Crippen LogP contribution in [0, 0.1) is 11.8 Å². The van der Waals surface area contributed by atoms with E-state index in [-0.39, 0.29) is 0 Å². The number of hydrogen-bond donors (Lipinski definition) is 1. The van der Waals surface area contributed by atoms with Crippen molar-refractivity contribution in [2.45, 2.75) is 59.9 Å². The van der Waals surface area contributed by atoms with Gasteiger partial charge < -0.3 is 10.2 Å². The fourth-order valence-electron chi connectivity index (χ4n) is 2.88. The zero-order valence-corrected chi connectivity index (χ0v) is 15.1. The summed E-state index contributed by atoms with van der Waals surface area (Å²) < 4.78 is 0. The Labute approximate surface area is 134 Å². The summed E-state index contributed by atoms with van der Waals surface area (Å²) in [6.07, 6.45) is 2.48. The Morgan fingerprint density at radius 3 is 2.71 bits per heavy atom. The molecule has 0 aromatic carbocycles. The van der Waals surface area contributed by atoms with E-state index in [1.54, 1.807) is 0 Å². The zero-order valence-electron chi connectivity index (χ0n) is 14.3. The standard InChI is InChI=1S/C17H31N3S/c1-6-8-18-10-15-16(12(2)3)19-17(21-15)20-9-7-13(4)14(5)11-20/h12-14,18H,6-11H2,1-5H3. The molecule has 0 bridgehead atoms. The van der Waals surface area contributed by atoms with Crippen molar-refractivity contribution in [2.24, 2.45) is 11.8 Å². The molecular weight excluding hydrogens is 278 g/mol. The lowest BCUT2D eigenvalue weighted by atomic mass is 9.89. The van der Waals surface area contributed by atoms with E-state index in [2.05, 4.69) is 44.8 Å². The Morgan fingerprint density at radius 2 is 2.10 bits per heavy atom. The van der Waals surface area contributed by atoms with Gasteiger partial charge in [-0.25, -0.2) is 4.98 Å². The molecule has 1 fully saturated rings. The highest BCUT2D eigenvalue weighted by molar-refractivity contribution is 7.15. The number of nitrogens with zero attached hydrogens (tertiary/aromatic N) is 2. The molecule has 120 valence electrons. The zero-order chi connectivity index (χ0) is 15.4. The van der Waals surface area contributed by atoms with E-state index in [1.807, 2.05) is 11.3 Å². The number of piperidine rings is 1. The van der Waals surface area contributed by atoms with Gasteiger partial charge in [-0.15, -0.1) is 11.3 Å². The van der Waals surface area contributed by atoms with Crippen LogP contribution in [0.2, 0.25) is 0 Å². The van der Waals surface area contributed by atoms with E-state index in [9.17, 15) is 0 Å². The topological polar surface area (TPSA) is 28.2 Å². The number of nitrogens with one attached hydrogen (secondary N) is 1. The molecule has 0 saturated carbocycles. The SMILES string of the molecule is CCCNCc1sc(N2CCC(C)C(C)C2)nc1C(C)C. The van der Waals surface area contributed by atoms with Gasteiger partial charge in [-0.3, -0.25) is 0 Å². The van der Waals surface area contributed by atoms with E-state index in [0.29, 0.717) is 5.92 Å². The fraction of sp³-hybridized carbons (Fsp3) is 0.824.